The number of halogens is 1. The van der Waals surface area contributed by atoms with Crippen molar-refractivity contribution in [1.29, 1.82) is 0 Å². The van der Waals surface area contributed by atoms with Gasteiger partial charge in [0.05, 0.1) is 28.8 Å². The topological polar surface area (TPSA) is 67.2 Å². The number of nitrogens with one attached hydrogen (secondary N) is 1. The Morgan fingerprint density at radius 1 is 1.12 bits per heavy atom. The molecule has 0 saturated heterocycles. The Bertz CT molecular complexity index is 1030. The Balaban J connectivity index is 1.75. The Morgan fingerprint density at radius 3 is 2.58 bits per heavy atom. The number of carbonyl (C=O) groups is 2. The molecule has 2 heterocycles. The van der Waals surface area contributed by atoms with E-state index in [9.17, 15) is 14.0 Å². The molecular weight excluding hydrogens is 335 g/mol. The Morgan fingerprint density at radius 2 is 1.81 bits per heavy atom. The predicted molar refractivity (Wildman–Crippen MR) is 95.0 cm³/mol. The van der Waals surface area contributed by atoms with Crippen molar-refractivity contribution < 1.29 is 14.0 Å². The molecule has 1 aliphatic heterocycles. The first-order valence-electron chi connectivity index (χ1n) is 8.06. The van der Waals surface area contributed by atoms with Gasteiger partial charge >= 0.3 is 0 Å². The third-order valence-electron chi connectivity index (χ3n) is 4.34. The number of nitrogens with zero attached hydrogens (tertiary/aromatic N) is 3. The van der Waals surface area contributed by atoms with Crippen molar-refractivity contribution in [3.8, 4) is 5.69 Å². The molecule has 2 amide bonds. The molecule has 2 aromatic carbocycles. The fourth-order valence-corrected chi connectivity index (χ4v) is 3.05. The van der Waals surface area contributed by atoms with Gasteiger partial charge in [-0.15, -0.1) is 0 Å². The molecule has 4 rings (SSSR count). The van der Waals surface area contributed by atoms with Gasteiger partial charge in [-0.2, -0.15) is 5.10 Å². The third kappa shape index (κ3) is 2.54. The molecule has 1 aliphatic rings. The Labute approximate surface area is 148 Å². The number of rotatable bonds is 2. The molecule has 0 aliphatic carbocycles. The number of benzene rings is 2. The lowest BCUT2D eigenvalue weighted by Crippen LogP contribution is -2.42. The number of hydrogen-bond donors (Lipinski definition) is 1. The summed E-state index contributed by atoms with van der Waals surface area (Å²) in [4.78, 5) is 26.4. The van der Waals surface area contributed by atoms with Gasteiger partial charge < -0.3 is 5.32 Å². The smallest absolute Gasteiger partial charge is 0.262 e. The van der Waals surface area contributed by atoms with Gasteiger partial charge in [-0.1, -0.05) is 24.3 Å². The Kier molecular flexibility index (Phi) is 3.76. The molecule has 0 radical (unpaired) electrons. The van der Waals surface area contributed by atoms with Crippen LogP contribution in [0.3, 0.4) is 0 Å². The fourth-order valence-electron chi connectivity index (χ4n) is 3.05. The highest BCUT2D eigenvalue weighted by Crippen LogP contribution is 2.30. The van der Waals surface area contributed by atoms with E-state index in [0.29, 0.717) is 22.6 Å². The van der Waals surface area contributed by atoms with Crippen LogP contribution in [0.15, 0.2) is 54.7 Å². The van der Waals surface area contributed by atoms with Crippen LogP contribution < -0.4 is 10.2 Å². The van der Waals surface area contributed by atoms with E-state index in [1.807, 2.05) is 0 Å². The first-order valence-corrected chi connectivity index (χ1v) is 8.06. The van der Waals surface area contributed by atoms with E-state index in [0.717, 1.165) is 0 Å². The van der Waals surface area contributed by atoms with Crippen molar-refractivity contribution in [3.63, 3.8) is 0 Å². The lowest BCUT2D eigenvalue weighted by atomic mass is 10.1. The summed E-state index contributed by atoms with van der Waals surface area (Å²) in [5, 5.41) is 6.91. The quantitative estimate of drug-likeness (QED) is 0.773. The summed E-state index contributed by atoms with van der Waals surface area (Å²) < 4.78 is 15.4. The van der Waals surface area contributed by atoms with E-state index < -0.39 is 5.82 Å². The zero-order chi connectivity index (χ0) is 18.3. The number of carbonyl (C=O) groups excluding carboxylic acids is 2. The molecule has 1 aromatic heterocycles. The van der Waals surface area contributed by atoms with E-state index >= 15 is 0 Å². The molecule has 1 N–H and O–H groups in total. The van der Waals surface area contributed by atoms with Gasteiger partial charge in [0.25, 0.3) is 5.91 Å². The van der Waals surface area contributed by atoms with E-state index in [2.05, 4.69) is 10.4 Å². The maximum absolute atomic E-state index is 14.1. The van der Waals surface area contributed by atoms with Crippen LogP contribution in [-0.4, -0.2) is 28.1 Å². The summed E-state index contributed by atoms with van der Waals surface area (Å²) in [7, 11) is 0. The first-order chi connectivity index (χ1) is 12.6. The molecule has 0 saturated carbocycles. The fraction of sp³-hybridized carbons (Fsp3) is 0.105. The SMILES string of the molecule is Cc1c(C(=O)N2CC(=O)Nc3ccccc32)cnn1-c1ccccc1F. The maximum Gasteiger partial charge on any atom is 0.262 e. The minimum absolute atomic E-state index is 0.0832. The summed E-state index contributed by atoms with van der Waals surface area (Å²) in [6.45, 7) is 1.61. The van der Waals surface area contributed by atoms with Gasteiger partial charge in [-0.3, -0.25) is 14.5 Å². The lowest BCUT2D eigenvalue weighted by molar-refractivity contribution is -0.115. The summed E-state index contributed by atoms with van der Waals surface area (Å²) in [5.74, 6) is -1.05. The van der Waals surface area contributed by atoms with Crippen molar-refractivity contribution in [2.45, 2.75) is 6.92 Å². The molecule has 3 aromatic rings. The van der Waals surface area contributed by atoms with Crippen molar-refractivity contribution in [2.24, 2.45) is 0 Å². The second kappa shape index (κ2) is 6.11. The molecular formula is C19H15FN4O2. The van der Waals surface area contributed by atoms with Crippen LogP contribution in [0.4, 0.5) is 15.8 Å². The molecule has 0 bridgehead atoms. The van der Waals surface area contributed by atoms with Gasteiger partial charge in [0, 0.05) is 0 Å². The second-order valence-corrected chi connectivity index (χ2v) is 5.96. The van der Waals surface area contributed by atoms with E-state index in [4.69, 9.17) is 0 Å². The van der Waals surface area contributed by atoms with Gasteiger partial charge in [0.2, 0.25) is 5.91 Å². The molecule has 0 spiro atoms. The van der Waals surface area contributed by atoms with Crippen molar-refractivity contribution >= 4 is 23.2 Å². The predicted octanol–water partition coefficient (Wildman–Crippen LogP) is 2.92. The van der Waals surface area contributed by atoms with E-state index in [1.165, 1.54) is 21.8 Å². The van der Waals surface area contributed by atoms with Crippen molar-refractivity contribution in [2.75, 3.05) is 16.8 Å². The molecule has 26 heavy (non-hydrogen) atoms. The summed E-state index contributed by atoms with van der Waals surface area (Å²) >= 11 is 0. The monoisotopic (exact) mass is 350 g/mol. The number of hydrogen-bond acceptors (Lipinski definition) is 3. The minimum Gasteiger partial charge on any atom is -0.323 e. The number of aromatic nitrogens is 2. The van der Waals surface area contributed by atoms with Crippen LogP contribution in [-0.2, 0) is 4.79 Å². The van der Waals surface area contributed by atoms with Crippen molar-refractivity contribution in [1.82, 2.24) is 9.78 Å². The lowest BCUT2D eigenvalue weighted by Gasteiger charge is -2.29. The van der Waals surface area contributed by atoms with Crippen LogP contribution in [0.1, 0.15) is 16.1 Å². The Hall–Kier alpha value is -3.48. The average Bonchev–Trinajstić information content (AvgIpc) is 3.02. The zero-order valence-electron chi connectivity index (χ0n) is 13.9. The van der Waals surface area contributed by atoms with Gasteiger partial charge in [-0.05, 0) is 31.2 Å². The average molecular weight is 350 g/mol. The highest BCUT2D eigenvalue weighted by atomic mass is 19.1. The van der Waals surface area contributed by atoms with E-state index in [1.54, 1.807) is 49.4 Å². The van der Waals surface area contributed by atoms with Gasteiger partial charge in [0.15, 0.2) is 0 Å². The number of anilines is 2. The van der Waals surface area contributed by atoms with Gasteiger partial charge in [0.1, 0.15) is 18.0 Å². The summed E-state index contributed by atoms with van der Waals surface area (Å²) in [5.41, 5.74) is 2.29. The highest BCUT2D eigenvalue weighted by molar-refractivity contribution is 6.15. The largest absolute Gasteiger partial charge is 0.323 e. The van der Waals surface area contributed by atoms with Crippen LogP contribution in [0.25, 0.3) is 5.69 Å². The summed E-state index contributed by atoms with van der Waals surface area (Å²) in [6, 6.07) is 13.3. The zero-order valence-corrected chi connectivity index (χ0v) is 13.9. The summed E-state index contributed by atoms with van der Waals surface area (Å²) in [6.07, 6.45) is 1.40. The molecule has 0 unspecified atom stereocenters. The molecule has 6 nitrogen and oxygen atoms in total. The second-order valence-electron chi connectivity index (χ2n) is 5.96. The van der Waals surface area contributed by atoms with Crippen LogP contribution >= 0.6 is 0 Å². The molecule has 7 heteroatoms. The normalized spacial score (nSPS) is 13.3. The molecule has 0 fully saturated rings. The first kappa shape index (κ1) is 16.0. The third-order valence-corrected chi connectivity index (χ3v) is 4.34. The molecule has 130 valence electrons. The highest BCUT2D eigenvalue weighted by Gasteiger charge is 2.29. The number of fused-ring (bicyclic) bond motifs is 1. The molecule has 0 atom stereocenters. The number of amides is 2. The van der Waals surface area contributed by atoms with Crippen molar-refractivity contribution in [3.05, 3.63) is 71.8 Å². The van der Waals surface area contributed by atoms with Crippen LogP contribution in [0.5, 0.6) is 0 Å². The minimum atomic E-state index is -0.430. The van der Waals surface area contributed by atoms with Crippen LogP contribution in [0, 0.1) is 12.7 Å². The maximum atomic E-state index is 14.1. The standard InChI is InChI=1S/C19H15FN4O2/c1-12-13(10-21-24(12)16-8-4-2-6-14(16)20)19(26)23-11-18(25)22-15-7-3-5-9-17(15)23/h2-10H,11H2,1H3,(H,22,25). The van der Waals surface area contributed by atoms with Gasteiger partial charge in [-0.25, -0.2) is 9.07 Å². The van der Waals surface area contributed by atoms with Crippen LogP contribution in [0.2, 0.25) is 0 Å². The number of para-hydroxylation sites is 3. The van der Waals surface area contributed by atoms with E-state index in [-0.39, 0.29) is 24.0 Å².